The Morgan fingerprint density at radius 3 is 2.79 bits per heavy atom. The second kappa shape index (κ2) is 10.2. The molecule has 2 rings (SSSR count). The Morgan fingerprint density at radius 1 is 1.38 bits per heavy atom. The van der Waals surface area contributed by atoms with E-state index in [2.05, 4.69) is 27.3 Å². The van der Waals surface area contributed by atoms with Gasteiger partial charge in [0.25, 0.3) is 0 Å². The van der Waals surface area contributed by atoms with Crippen LogP contribution in [0.5, 0.6) is 0 Å². The van der Waals surface area contributed by atoms with Crippen molar-refractivity contribution in [3.05, 3.63) is 12.2 Å². The summed E-state index contributed by atoms with van der Waals surface area (Å²) in [5, 5.41) is 11.3. The molecular weight excluding hydrogens is 308 g/mol. The maximum absolute atomic E-state index is 5.92. The summed E-state index contributed by atoms with van der Waals surface area (Å²) in [4.78, 5) is 7.00. The zero-order valence-electron chi connectivity index (χ0n) is 15.1. The van der Waals surface area contributed by atoms with Crippen LogP contribution in [0.2, 0.25) is 0 Å². The highest BCUT2D eigenvalue weighted by atomic mass is 16.5. The van der Waals surface area contributed by atoms with Crippen molar-refractivity contribution in [3.63, 3.8) is 0 Å². The lowest BCUT2D eigenvalue weighted by atomic mass is 10.1. The number of rotatable bonds is 8. The Labute approximate surface area is 144 Å². The van der Waals surface area contributed by atoms with E-state index in [1.165, 1.54) is 0 Å². The fourth-order valence-electron chi connectivity index (χ4n) is 2.71. The van der Waals surface area contributed by atoms with Crippen LogP contribution in [-0.4, -0.2) is 71.7 Å². The third-order valence-corrected chi connectivity index (χ3v) is 4.10. The van der Waals surface area contributed by atoms with E-state index in [0.717, 1.165) is 63.9 Å². The van der Waals surface area contributed by atoms with Crippen molar-refractivity contribution in [2.24, 2.45) is 12.0 Å². The minimum Gasteiger partial charge on any atom is -0.385 e. The van der Waals surface area contributed by atoms with Crippen LogP contribution in [0.25, 0.3) is 0 Å². The maximum Gasteiger partial charge on any atom is 0.194 e. The molecule has 8 heteroatoms. The predicted molar refractivity (Wildman–Crippen MR) is 92.9 cm³/mol. The van der Waals surface area contributed by atoms with Gasteiger partial charge in [0.2, 0.25) is 0 Å². The van der Waals surface area contributed by atoms with Gasteiger partial charge in [-0.3, -0.25) is 0 Å². The topological polar surface area (TPSA) is 76.8 Å². The molecule has 1 aromatic rings. The van der Waals surface area contributed by atoms with Crippen LogP contribution in [-0.2, 0) is 23.1 Å². The maximum atomic E-state index is 5.92. The number of aromatic nitrogens is 3. The van der Waals surface area contributed by atoms with E-state index in [1.807, 2.05) is 11.6 Å². The molecule has 1 saturated heterocycles. The van der Waals surface area contributed by atoms with Crippen LogP contribution in [0.1, 0.15) is 32.0 Å². The molecule has 24 heavy (non-hydrogen) atoms. The van der Waals surface area contributed by atoms with Gasteiger partial charge in [0.1, 0.15) is 12.9 Å². The number of aliphatic imine (C=N–C) groups is 1. The average Bonchev–Trinajstić information content (AvgIpc) is 3.01. The first kappa shape index (κ1) is 18.7. The third-order valence-electron chi connectivity index (χ3n) is 4.10. The highest BCUT2D eigenvalue weighted by molar-refractivity contribution is 5.80. The van der Waals surface area contributed by atoms with E-state index in [-0.39, 0.29) is 0 Å². The SMILES string of the molecule is CCNC(=NCc1nncn1C)N1CCC(OCCCOC)CC1. The van der Waals surface area contributed by atoms with Gasteiger partial charge in [0.05, 0.1) is 6.10 Å². The number of hydrogen-bond donors (Lipinski definition) is 1. The molecule has 136 valence electrons. The van der Waals surface area contributed by atoms with Crippen molar-refractivity contribution < 1.29 is 9.47 Å². The van der Waals surface area contributed by atoms with Gasteiger partial charge in [-0.1, -0.05) is 0 Å². The first-order valence-corrected chi connectivity index (χ1v) is 8.71. The van der Waals surface area contributed by atoms with Crippen molar-refractivity contribution in [2.45, 2.75) is 38.8 Å². The quantitative estimate of drug-likeness (QED) is 0.429. The van der Waals surface area contributed by atoms with E-state index in [1.54, 1.807) is 13.4 Å². The van der Waals surface area contributed by atoms with E-state index in [0.29, 0.717) is 12.6 Å². The molecule has 0 radical (unpaired) electrons. The minimum atomic E-state index is 0.347. The first-order valence-electron chi connectivity index (χ1n) is 8.71. The fraction of sp³-hybridized carbons (Fsp3) is 0.812. The summed E-state index contributed by atoms with van der Waals surface area (Å²) in [5.41, 5.74) is 0. The highest BCUT2D eigenvalue weighted by Gasteiger charge is 2.21. The number of guanidine groups is 1. The largest absolute Gasteiger partial charge is 0.385 e. The summed E-state index contributed by atoms with van der Waals surface area (Å²) in [5.74, 6) is 1.81. The molecule has 1 N–H and O–H groups in total. The van der Waals surface area contributed by atoms with Crippen molar-refractivity contribution >= 4 is 5.96 Å². The van der Waals surface area contributed by atoms with Crippen LogP contribution < -0.4 is 5.32 Å². The smallest absolute Gasteiger partial charge is 0.194 e. The van der Waals surface area contributed by atoms with Crippen LogP contribution in [0.15, 0.2) is 11.3 Å². The molecule has 0 atom stereocenters. The number of aryl methyl sites for hydroxylation is 1. The van der Waals surface area contributed by atoms with Crippen molar-refractivity contribution in [2.75, 3.05) is 40.0 Å². The van der Waals surface area contributed by atoms with Crippen molar-refractivity contribution in [1.82, 2.24) is 25.0 Å². The van der Waals surface area contributed by atoms with Crippen LogP contribution in [0, 0.1) is 0 Å². The van der Waals surface area contributed by atoms with Gasteiger partial charge in [-0.2, -0.15) is 0 Å². The van der Waals surface area contributed by atoms with Gasteiger partial charge in [-0.05, 0) is 26.2 Å². The predicted octanol–water partition coefficient (Wildman–Crippen LogP) is 0.798. The fourth-order valence-corrected chi connectivity index (χ4v) is 2.71. The summed E-state index contributed by atoms with van der Waals surface area (Å²) in [6, 6.07) is 0. The van der Waals surface area contributed by atoms with Gasteiger partial charge >= 0.3 is 0 Å². The number of nitrogens with one attached hydrogen (secondary N) is 1. The molecule has 1 fully saturated rings. The highest BCUT2D eigenvalue weighted by Crippen LogP contribution is 2.14. The van der Waals surface area contributed by atoms with Gasteiger partial charge in [-0.15, -0.1) is 10.2 Å². The summed E-state index contributed by atoms with van der Waals surface area (Å²) >= 11 is 0. The number of ether oxygens (including phenoxy) is 2. The Hall–Kier alpha value is -1.67. The van der Waals surface area contributed by atoms with E-state index in [4.69, 9.17) is 14.5 Å². The van der Waals surface area contributed by atoms with Gasteiger partial charge in [0, 0.05) is 47.0 Å². The molecule has 2 heterocycles. The second-order valence-corrected chi connectivity index (χ2v) is 5.93. The number of hydrogen-bond acceptors (Lipinski definition) is 5. The molecule has 1 aromatic heterocycles. The van der Waals surface area contributed by atoms with Gasteiger partial charge in [-0.25, -0.2) is 4.99 Å². The summed E-state index contributed by atoms with van der Waals surface area (Å²) in [6.07, 6.45) is 5.06. The molecule has 0 unspecified atom stereocenters. The minimum absolute atomic E-state index is 0.347. The zero-order chi connectivity index (χ0) is 17.2. The van der Waals surface area contributed by atoms with E-state index < -0.39 is 0 Å². The molecular formula is C16H30N6O2. The molecule has 0 amide bonds. The normalized spacial score (nSPS) is 16.6. The third kappa shape index (κ3) is 5.76. The number of methoxy groups -OCH3 is 1. The van der Waals surface area contributed by atoms with Gasteiger partial charge in [0.15, 0.2) is 11.8 Å². The van der Waals surface area contributed by atoms with Crippen LogP contribution in [0.4, 0.5) is 0 Å². The lowest BCUT2D eigenvalue weighted by molar-refractivity contribution is 0.00990. The summed E-state index contributed by atoms with van der Waals surface area (Å²) in [6.45, 7) is 6.93. The Balaban J connectivity index is 1.81. The van der Waals surface area contributed by atoms with Gasteiger partial charge < -0.3 is 24.3 Å². The first-order chi connectivity index (χ1) is 11.7. The van der Waals surface area contributed by atoms with E-state index in [9.17, 15) is 0 Å². The number of likely N-dealkylation sites (tertiary alicyclic amines) is 1. The lowest BCUT2D eigenvalue weighted by Gasteiger charge is -2.34. The molecule has 8 nitrogen and oxygen atoms in total. The number of piperidine rings is 1. The second-order valence-electron chi connectivity index (χ2n) is 5.93. The van der Waals surface area contributed by atoms with Crippen LogP contribution >= 0.6 is 0 Å². The molecule has 0 spiro atoms. The van der Waals surface area contributed by atoms with Crippen molar-refractivity contribution in [1.29, 1.82) is 0 Å². The zero-order valence-corrected chi connectivity index (χ0v) is 15.1. The molecule has 1 aliphatic rings. The summed E-state index contributed by atoms with van der Waals surface area (Å²) in [7, 11) is 3.66. The lowest BCUT2D eigenvalue weighted by Crippen LogP contribution is -2.47. The van der Waals surface area contributed by atoms with Crippen molar-refractivity contribution in [3.8, 4) is 0 Å². The monoisotopic (exact) mass is 338 g/mol. The standard InChI is InChI=1S/C16H30N6O2/c1-4-17-16(18-12-15-20-19-13-21(15)2)22-8-6-14(7-9-22)24-11-5-10-23-3/h13-14H,4-12H2,1-3H3,(H,17,18). The Kier molecular flexibility index (Phi) is 7.97. The molecule has 1 aliphatic heterocycles. The van der Waals surface area contributed by atoms with E-state index >= 15 is 0 Å². The van der Waals surface area contributed by atoms with Crippen LogP contribution in [0.3, 0.4) is 0 Å². The molecule has 0 bridgehead atoms. The summed E-state index contributed by atoms with van der Waals surface area (Å²) < 4.78 is 12.9. The molecule has 0 saturated carbocycles. The Bertz CT molecular complexity index is 497. The molecule has 0 aromatic carbocycles. The molecule has 0 aliphatic carbocycles. The Morgan fingerprint density at radius 2 is 2.17 bits per heavy atom. The number of nitrogens with zero attached hydrogens (tertiary/aromatic N) is 5. The average molecular weight is 338 g/mol.